The lowest BCUT2D eigenvalue weighted by Crippen LogP contribution is -2.05. The number of amides is 1. The number of rotatable bonds is 6. The number of hydrogen-bond donors (Lipinski definition) is 2. The molecule has 0 radical (unpaired) electrons. The van der Waals surface area contributed by atoms with Crippen molar-refractivity contribution in [1.29, 1.82) is 0 Å². The molecule has 9 nitrogen and oxygen atoms in total. The van der Waals surface area contributed by atoms with Gasteiger partial charge in [-0.15, -0.1) is 0 Å². The van der Waals surface area contributed by atoms with Gasteiger partial charge < -0.3 is 24.6 Å². The lowest BCUT2D eigenvalue weighted by atomic mass is 10.1. The number of fused-ring (bicyclic) bond motifs is 1. The Kier molecular flexibility index (Phi) is 5.63. The summed E-state index contributed by atoms with van der Waals surface area (Å²) in [5.74, 6) is 2.70. The average Bonchev–Trinajstić information content (AvgIpc) is 3.11. The highest BCUT2D eigenvalue weighted by atomic mass is 16.5. The summed E-state index contributed by atoms with van der Waals surface area (Å²) in [6.45, 7) is 5.14. The van der Waals surface area contributed by atoms with Crippen LogP contribution in [0.4, 0.5) is 17.2 Å². The fourth-order valence-corrected chi connectivity index (χ4v) is 3.44. The maximum absolute atomic E-state index is 11.3. The number of methoxy groups -OCH3 is 2. The molecule has 0 aliphatic heterocycles. The number of carbonyl (C=O) groups excluding carboxylic acids is 1. The van der Waals surface area contributed by atoms with E-state index in [9.17, 15) is 4.79 Å². The second kappa shape index (κ2) is 8.54. The molecule has 1 amide bonds. The van der Waals surface area contributed by atoms with Gasteiger partial charge >= 0.3 is 0 Å². The minimum Gasteiger partial charge on any atom is -0.493 e. The van der Waals surface area contributed by atoms with Gasteiger partial charge in [0.25, 0.3) is 0 Å². The summed E-state index contributed by atoms with van der Waals surface area (Å²) in [5.41, 5.74) is 3.61. The van der Waals surface area contributed by atoms with Gasteiger partial charge in [0, 0.05) is 29.8 Å². The third-order valence-electron chi connectivity index (χ3n) is 4.93. The SMILES string of the molecule is COc1cc2nc(-c3c(C)noc3C)nc(Nc3ccc(NC(C)=O)cc3)c2cc1OC. The smallest absolute Gasteiger partial charge is 0.221 e. The summed E-state index contributed by atoms with van der Waals surface area (Å²) < 4.78 is 16.2. The van der Waals surface area contributed by atoms with Crippen molar-refractivity contribution in [2.24, 2.45) is 0 Å². The minimum absolute atomic E-state index is 0.127. The Morgan fingerprint density at radius 3 is 2.22 bits per heavy atom. The van der Waals surface area contributed by atoms with Crippen LogP contribution in [0.1, 0.15) is 18.4 Å². The minimum atomic E-state index is -0.127. The zero-order valence-electron chi connectivity index (χ0n) is 18.4. The summed E-state index contributed by atoms with van der Waals surface area (Å²) in [5, 5.41) is 10.9. The number of ether oxygens (including phenoxy) is 2. The molecule has 164 valence electrons. The van der Waals surface area contributed by atoms with Crippen LogP contribution in [0.2, 0.25) is 0 Å². The largest absolute Gasteiger partial charge is 0.493 e. The molecular weight excluding hydrogens is 410 g/mol. The number of carbonyl (C=O) groups is 1. The molecule has 0 aliphatic carbocycles. The number of nitrogens with one attached hydrogen (secondary N) is 2. The Bertz CT molecular complexity index is 1280. The number of anilines is 3. The van der Waals surface area contributed by atoms with E-state index in [1.54, 1.807) is 14.2 Å². The van der Waals surface area contributed by atoms with E-state index in [4.69, 9.17) is 24.0 Å². The molecule has 0 saturated heterocycles. The van der Waals surface area contributed by atoms with Crippen molar-refractivity contribution in [3.8, 4) is 22.9 Å². The Morgan fingerprint density at radius 2 is 1.62 bits per heavy atom. The molecule has 0 fully saturated rings. The first-order valence-electron chi connectivity index (χ1n) is 9.91. The molecule has 0 bridgehead atoms. The molecule has 0 spiro atoms. The molecule has 4 rings (SSSR count). The molecule has 4 aromatic rings. The van der Waals surface area contributed by atoms with E-state index in [0.717, 1.165) is 16.6 Å². The van der Waals surface area contributed by atoms with Crippen molar-refractivity contribution in [1.82, 2.24) is 15.1 Å². The second-order valence-corrected chi connectivity index (χ2v) is 7.20. The van der Waals surface area contributed by atoms with Gasteiger partial charge in [0.05, 0.1) is 31.0 Å². The van der Waals surface area contributed by atoms with Gasteiger partial charge in [-0.1, -0.05) is 5.16 Å². The predicted octanol–water partition coefficient (Wildman–Crippen LogP) is 4.62. The Labute approximate surface area is 184 Å². The quantitative estimate of drug-likeness (QED) is 0.453. The van der Waals surface area contributed by atoms with Crippen molar-refractivity contribution < 1.29 is 18.8 Å². The van der Waals surface area contributed by atoms with Crippen LogP contribution in [-0.2, 0) is 4.79 Å². The highest BCUT2D eigenvalue weighted by Gasteiger charge is 2.19. The molecular formula is C23H23N5O4. The zero-order chi connectivity index (χ0) is 22.8. The lowest BCUT2D eigenvalue weighted by molar-refractivity contribution is -0.114. The number of aryl methyl sites for hydroxylation is 2. The van der Waals surface area contributed by atoms with Gasteiger partial charge in [-0.2, -0.15) is 0 Å². The predicted molar refractivity (Wildman–Crippen MR) is 122 cm³/mol. The maximum Gasteiger partial charge on any atom is 0.221 e. The molecule has 32 heavy (non-hydrogen) atoms. The summed E-state index contributed by atoms with van der Waals surface area (Å²) in [7, 11) is 3.16. The van der Waals surface area contributed by atoms with Crippen LogP contribution in [0.3, 0.4) is 0 Å². The molecule has 0 unspecified atom stereocenters. The van der Waals surface area contributed by atoms with Crippen LogP contribution in [0.25, 0.3) is 22.3 Å². The van der Waals surface area contributed by atoms with E-state index in [1.807, 2.05) is 50.2 Å². The number of benzene rings is 2. The monoisotopic (exact) mass is 433 g/mol. The topological polar surface area (TPSA) is 111 Å². The summed E-state index contributed by atoms with van der Waals surface area (Å²) >= 11 is 0. The Balaban J connectivity index is 1.85. The highest BCUT2D eigenvalue weighted by Crippen LogP contribution is 2.37. The van der Waals surface area contributed by atoms with Gasteiger partial charge in [-0.05, 0) is 44.2 Å². The van der Waals surface area contributed by atoms with E-state index in [-0.39, 0.29) is 5.91 Å². The first kappa shape index (κ1) is 21.1. The third kappa shape index (κ3) is 4.04. The first-order valence-corrected chi connectivity index (χ1v) is 9.91. The molecule has 2 N–H and O–H groups in total. The van der Waals surface area contributed by atoms with Gasteiger partial charge in [0.2, 0.25) is 5.91 Å². The third-order valence-corrected chi connectivity index (χ3v) is 4.93. The molecule has 9 heteroatoms. The van der Waals surface area contributed by atoms with Gasteiger partial charge in [0.1, 0.15) is 11.6 Å². The molecule has 0 atom stereocenters. The van der Waals surface area contributed by atoms with Crippen LogP contribution in [0, 0.1) is 13.8 Å². The normalized spacial score (nSPS) is 10.8. The maximum atomic E-state index is 11.3. The van der Waals surface area contributed by atoms with E-state index in [1.165, 1.54) is 6.92 Å². The lowest BCUT2D eigenvalue weighted by Gasteiger charge is -2.14. The van der Waals surface area contributed by atoms with Crippen molar-refractivity contribution in [2.45, 2.75) is 20.8 Å². The molecule has 2 aromatic heterocycles. The van der Waals surface area contributed by atoms with Gasteiger partial charge in [-0.3, -0.25) is 4.79 Å². The van der Waals surface area contributed by atoms with Crippen molar-refractivity contribution in [3.05, 3.63) is 47.9 Å². The van der Waals surface area contributed by atoms with E-state index >= 15 is 0 Å². The Hall–Kier alpha value is -4.14. The molecule has 0 aliphatic rings. The standard InChI is InChI=1S/C23H23N5O4/c1-12-21(13(2)32-28-12)23-26-18-11-20(31-5)19(30-4)10-17(18)22(27-23)25-16-8-6-15(7-9-16)24-14(3)29/h6-11H,1-5H3,(H,24,29)(H,25,26,27). The fourth-order valence-electron chi connectivity index (χ4n) is 3.44. The number of aromatic nitrogens is 3. The van der Waals surface area contributed by atoms with Crippen LogP contribution in [0.5, 0.6) is 11.5 Å². The number of hydrogen-bond acceptors (Lipinski definition) is 8. The second-order valence-electron chi connectivity index (χ2n) is 7.20. The average molecular weight is 433 g/mol. The summed E-state index contributed by atoms with van der Waals surface area (Å²) in [6.07, 6.45) is 0. The van der Waals surface area contributed by atoms with E-state index in [0.29, 0.717) is 45.8 Å². The van der Waals surface area contributed by atoms with Gasteiger partial charge in [0.15, 0.2) is 17.3 Å². The van der Waals surface area contributed by atoms with E-state index in [2.05, 4.69) is 15.8 Å². The van der Waals surface area contributed by atoms with Crippen LogP contribution in [-0.4, -0.2) is 35.3 Å². The molecule has 2 heterocycles. The van der Waals surface area contributed by atoms with Crippen LogP contribution < -0.4 is 20.1 Å². The summed E-state index contributed by atoms with van der Waals surface area (Å²) in [4.78, 5) is 20.8. The fraction of sp³-hybridized carbons (Fsp3) is 0.217. The van der Waals surface area contributed by atoms with Crippen molar-refractivity contribution >= 4 is 34.0 Å². The highest BCUT2D eigenvalue weighted by molar-refractivity contribution is 5.95. The Morgan fingerprint density at radius 1 is 0.969 bits per heavy atom. The van der Waals surface area contributed by atoms with Gasteiger partial charge in [-0.25, -0.2) is 9.97 Å². The van der Waals surface area contributed by atoms with Crippen molar-refractivity contribution in [3.63, 3.8) is 0 Å². The zero-order valence-corrected chi connectivity index (χ0v) is 18.4. The molecule has 0 saturated carbocycles. The van der Waals surface area contributed by atoms with Crippen LogP contribution in [0.15, 0.2) is 40.9 Å². The molecule has 2 aromatic carbocycles. The first-order chi connectivity index (χ1) is 15.4. The number of nitrogens with zero attached hydrogens (tertiary/aromatic N) is 3. The van der Waals surface area contributed by atoms with Crippen molar-refractivity contribution in [2.75, 3.05) is 24.9 Å². The van der Waals surface area contributed by atoms with E-state index < -0.39 is 0 Å². The summed E-state index contributed by atoms with van der Waals surface area (Å²) in [6, 6.07) is 11.0. The van der Waals surface area contributed by atoms with Crippen LogP contribution >= 0.6 is 0 Å².